The van der Waals surface area contributed by atoms with E-state index in [0.717, 1.165) is 22.8 Å². The van der Waals surface area contributed by atoms with Gasteiger partial charge in [0.2, 0.25) is 11.8 Å². The Morgan fingerprint density at radius 3 is 1.62 bits per heavy atom. The zero-order valence-electron chi connectivity index (χ0n) is 30.8. The summed E-state index contributed by atoms with van der Waals surface area (Å²) in [6.07, 6.45) is 8.24. The number of carbonyl (C=O) groups excluding carboxylic acids is 2. The Hall–Kier alpha value is -3.31. The number of aliphatic hydroxyl groups is 1. The molecule has 3 aromatic rings. The second-order valence-electron chi connectivity index (χ2n) is 12.2. The summed E-state index contributed by atoms with van der Waals surface area (Å²) in [5.41, 5.74) is 2.36. The van der Waals surface area contributed by atoms with Crippen LogP contribution in [0.4, 0.5) is 11.4 Å². The molecule has 0 radical (unpaired) electrons. The first kappa shape index (κ1) is 44.8. The number of carbonyl (C=O) groups is 2. The van der Waals surface area contributed by atoms with Crippen molar-refractivity contribution in [2.75, 3.05) is 80.2 Å². The molecule has 0 heterocycles. The van der Waals surface area contributed by atoms with Crippen molar-refractivity contribution < 1.29 is 46.6 Å². The molecule has 12 nitrogen and oxygen atoms in total. The minimum atomic E-state index is -4.27. The summed E-state index contributed by atoms with van der Waals surface area (Å²) in [5, 5.41) is 16.2. The fourth-order valence-corrected chi connectivity index (χ4v) is 5.74. The molecular formula is C37H53N2O10S3+. The minimum absolute atomic E-state index is 0.00344. The molecule has 0 bridgehead atoms. The van der Waals surface area contributed by atoms with Crippen LogP contribution in [0.2, 0.25) is 0 Å². The summed E-state index contributed by atoms with van der Waals surface area (Å²) >= 11 is 0. The van der Waals surface area contributed by atoms with Gasteiger partial charge in [0.25, 0.3) is 0 Å². The van der Waals surface area contributed by atoms with Gasteiger partial charge in [-0.2, -0.15) is 0 Å². The lowest BCUT2D eigenvalue weighted by Gasteiger charge is -2.21. The highest BCUT2D eigenvalue weighted by Crippen LogP contribution is 2.18. The van der Waals surface area contributed by atoms with Gasteiger partial charge in [0.15, 0.2) is 0 Å². The van der Waals surface area contributed by atoms with Crippen LogP contribution in [0, 0.1) is 6.92 Å². The first-order valence-corrected chi connectivity index (χ1v) is 22.5. The van der Waals surface area contributed by atoms with E-state index in [0.29, 0.717) is 43.2 Å². The number of ether oxygens (including phenoxy) is 4. The standard InChI is InChI=1S/C30H44N2O7S2.C7H8O3S/c1-6-36-21-28(22-39-27-13-9-24(10-14-27)32-30(35)16-18-41(4)5)38-20-25(33)19-37-26-11-7-23(8-12-26)31-29(34)15-17-40(2)3;1-6-2-4-7(5-3-6)11(8,9)10/h7-14,25,28,33H,6,15-22H2,1-5H3;2-5H,1H3,(H,8,9,10)/p+1. The van der Waals surface area contributed by atoms with Crippen molar-refractivity contribution in [1.29, 1.82) is 0 Å². The first-order chi connectivity index (χ1) is 24.6. The van der Waals surface area contributed by atoms with E-state index < -0.39 is 16.2 Å². The Balaban J connectivity index is 0.000000722. The van der Waals surface area contributed by atoms with Crippen LogP contribution in [0.3, 0.4) is 0 Å². The van der Waals surface area contributed by atoms with Gasteiger partial charge in [0.1, 0.15) is 58.5 Å². The van der Waals surface area contributed by atoms with Crippen LogP contribution in [0.15, 0.2) is 77.7 Å². The topological polar surface area (TPSA) is 173 Å². The number of aryl methyl sites for hydroxylation is 1. The molecule has 0 aromatic heterocycles. The summed E-state index contributed by atoms with van der Waals surface area (Å²) in [5.74, 6) is 2.97. The molecule has 2 amide bonds. The fraction of sp³-hybridized carbons (Fsp3) is 0.459. The van der Waals surface area contributed by atoms with Crippen LogP contribution < -0.4 is 20.1 Å². The van der Waals surface area contributed by atoms with Crippen molar-refractivity contribution in [3.63, 3.8) is 0 Å². The molecule has 2 unspecified atom stereocenters. The predicted octanol–water partition coefficient (Wildman–Crippen LogP) is 4.24. The van der Waals surface area contributed by atoms with Gasteiger partial charge in [0.05, 0.1) is 56.0 Å². The van der Waals surface area contributed by atoms with Gasteiger partial charge in [-0.15, -0.1) is 0 Å². The highest BCUT2D eigenvalue weighted by molar-refractivity contribution is 7.95. The number of anilines is 2. The van der Waals surface area contributed by atoms with Gasteiger partial charge in [-0.25, -0.2) is 8.42 Å². The quantitative estimate of drug-likeness (QED) is 0.105. The van der Waals surface area contributed by atoms with E-state index in [1.54, 1.807) is 60.7 Å². The number of hydrogen-bond acceptors (Lipinski definition) is 10. The molecule has 0 fully saturated rings. The minimum Gasteiger partial charge on any atom is -0.744 e. The maximum absolute atomic E-state index is 12.0. The third kappa shape index (κ3) is 20.1. The molecule has 0 saturated carbocycles. The molecule has 0 aliphatic heterocycles. The van der Waals surface area contributed by atoms with Crippen LogP contribution in [-0.4, -0.2) is 112 Å². The Morgan fingerprint density at radius 1 is 0.731 bits per heavy atom. The number of benzene rings is 3. The number of aliphatic hydroxyl groups excluding tert-OH is 1. The third-order valence-electron chi connectivity index (χ3n) is 6.97. The Bertz CT molecular complexity index is 1570. The Morgan fingerprint density at radius 2 is 1.19 bits per heavy atom. The monoisotopic (exact) mass is 781 g/mol. The molecule has 52 heavy (non-hydrogen) atoms. The van der Waals surface area contributed by atoms with Crippen LogP contribution in [0.25, 0.3) is 0 Å². The molecule has 0 spiro atoms. The van der Waals surface area contributed by atoms with Crippen molar-refractivity contribution in [1.82, 2.24) is 0 Å². The van der Waals surface area contributed by atoms with Crippen molar-refractivity contribution in [3.05, 3.63) is 78.4 Å². The molecule has 0 aliphatic rings. The van der Waals surface area contributed by atoms with E-state index in [1.807, 2.05) is 13.8 Å². The van der Waals surface area contributed by atoms with E-state index in [2.05, 4.69) is 35.7 Å². The first-order valence-electron chi connectivity index (χ1n) is 16.7. The summed E-state index contributed by atoms with van der Waals surface area (Å²) in [7, 11) is -3.80. The number of amides is 2. The molecule has 3 aromatic carbocycles. The lowest BCUT2D eigenvalue weighted by molar-refractivity contribution is -0.116. The summed E-state index contributed by atoms with van der Waals surface area (Å²) < 4.78 is 54.1. The third-order valence-corrected chi connectivity index (χ3v) is 9.86. The molecule has 2 atom stereocenters. The molecular weight excluding hydrogens is 729 g/mol. The average molecular weight is 782 g/mol. The molecule has 3 rings (SSSR count). The molecule has 15 heteroatoms. The summed E-state index contributed by atoms with van der Waals surface area (Å²) in [4.78, 5) is 23.9. The van der Waals surface area contributed by atoms with Crippen LogP contribution in [0.1, 0.15) is 25.3 Å². The fourth-order valence-electron chi connectivity index (χ4n) is 4.09. The maximum Gasteiger partial charge on any atom is 0.229 e. The highest BCUT2D eigenvalue weighted by atomic mass is 32.2. The van der Waals surface area contributed by atoms with Gasteiger partial charge in [-0.05, 0) is 96.3 Å². The highest BCUT2D eigenvalue weighted by Gasteiger charge is 2.15. The van der Waals surface area contributed by atoms with E-state index in [-0.39, 0.29) is 64.4 Å². The number of nitrogens with one attached hydrogen (secondary N) is 2. The van der Waals surface area contributed by atoms with Gasteiger partial charge >= 0.3 is 0 Å². The average Bonchev–Trinajstić information content (AvgIpc) is 3.10. The van der Waals surface area contributed by atoms with E-state index in [9.17, 15) is 27.7 Å². The predicted molar refractivity (Wildman–Crippen MR) is 210 cm³/mol. The Labute approximate surface area is 314 Å². The normalized spacial score (nSPS) is 12.4. The van der Waals surface area contributed by atoms with Crippen molar-refractivity contribution in [2.45, 2.75) is 43.8 Å². The number of rotatable bonds is 21. The van der Waals surface area contributed by atoms with Crippen LogP contribution >= 0.6 is 0 Å². The van der Waals surface area contributed by atoms with E-state index >= 15 is 0 Å². The second kappa shape index (κ2) is 24.1. The van der Waals surface area contributed by atoms with Crippen molar-refractivity contribution in [2.24, 2.45) is 0 Å². The number of hydrogen-bond donors (Lipinski definition) is 3. The van der Waals surface area contributed by atoms with Crippen LogP contribution in [0.5, 0.6) is 11.5 Å². The molecule has 288 valence electrons. The van der Waals surface area contributed by atoms with E-state index in [1.165, 1.54) is 12.1 Å². The van der Waals surface area contributed by atoms with Gasteiger partial charge in [-0.1, -0.05) is 17.7 Å². The zero-order chi connectivity index (χ0) is 38.5. The smallest absolute Gasteiger partial charge is 0.229 e. The molecule has 0 aliphatic carbocycles. The van der Waals surface area contributed by atoms with E-state index in [4.69, 9.17) is 18.9 Å². The van der Waals surface area contributed by atoms with Crippen molar-refractivity contribution in [3.8, 4) is 11.5 Å². The molecule has 3 N–H and O–H groups in total. The van der Waals surface area contributed by atoms with Crippen molar-refractivity contribution >= 4 is 55.1 Å². The SMILES string of the molecule is CCOCC(COc1ccc(NC(=O)CC[S+](C)C)cc1)OCC(O)COc1ccc(NC(=O)CC[S+](C)C)cc1.Cc1ccc(S(=O)(=O)[O-])cc1. The lowest BCUT2D eigenvalue weighted by atomic mass is 10.2. The van der Waals surface area contributed by atoms with Gasteiger partial charge in [-0.3, -0.25) is 9.59 Å². The Kier molecular flexibility index (Phi) is 20.8. The van der Waals surface area contributed by atoms with Gasteiger partial charge < -0.3 is 39.2 Å². The maximum atomic E-state index is 12.0. The summed E-state index contributed by atoms with van der Waals surface area (Å²) in [6.45, 7) is 4.91. The summed E-state index contributed by atoms with van der Waals surface area (Å²) in [6, 6.07) is 20.0. The van der Waals surface area contributed by atoms with Gasteiger partial charge in [0, 0.05) is 18.0 Å². The lowest BCUT2D eigenvalue weighted by Crippen LogP contribution is -2.32. The largest absolute Gasteiger partial charge is 0.744 e. The molecule has 0 saturated heterocycles. The second-order valence-corrected chi connectivity index (χ2v) is 18.3. The van der Waals surface area contributed by atoms with Crippen LogP contribution in [-0.2, 0) is 51.0 Å². The zero-order valence-corrected chi connectivity index (χ0v) is 33.2.